The highest BCUT2D eigenvalue weighted by Crippen LogP contribution is 2.43. The number of carbonyl (C=O) groups excluding carboxylic acids is 1. The Labute approximate surface area is 186 Å². The summed E-state index contributed by atoms with van der Waals surface area (Å²) in [6.07, 6.45) is 4.91. The first kappa shape index (κ1) is 24.7. The van der Waals surface area contributed by atoms with Gasteiger partial charge in [-0.2, -0.15) is 0 Å². The topological polar surface area (TPSA) is 66.0 Å². The van der Waals surface area contributed by atoms with Crippen LogP contribution in [0.2, 0.25) is 0 Å². The lowest BCUT2D eigenvalue weighted by Crippen LogP contribution is -2.46. The Bertz CT molecular complexity index is 628. The monoisotopic (exact) mass is 502 g/mol. The number of hydrogen-bond acceptors (Lipinski definition) is 3. The Morgan fingerprint density at radius 1 is 1.21 bits per heavy atom. The van der Waals surface area contributed by atoms with E-state index >= 15 is 0 Å². The van der Waals surface area contributed by atoms with Crippen LogP contribution in [0, 0.1) is 5.41 Å². The van der Waals surface area contributed by atoms with Crippen molar-refractivity contribution in [1.82, 2.24) is 15.5 Å². The van der Waals surface area contributed by atoms with Crippen LogP contribution in [0.15, 0.2) is 29.3 Å². The molecule has 1 saturated carbocycles. The third kappa shape index (κ3) is 7.24. The summed E-state index contributed by atoms with van der Waals surface area (Å²) in [5.41, 5.74) is 2.13. The van der Waals surface area contributed by atoms with Crippen molar-refractivity contribution in [1.29, 1.82) is 0 Å². The zero-order valence-corrected chi connectivity index (χ0v) is 19.9. The first-order valence-corrected chi connectivity index (χ1v) is 9.81. The molecule has 28 heavy (non-hydrogen) atoms. The molecule has 1 aromatic rings. The molecule has 1 fully saturated rings. The van der Waals surface area contributed by atoms with Crippen LogP contribution in [0.25, 0.3) is 0 Å². The Hall–Kier alpha value is -1.35. The fourth-order valence-corrected chi connectivity index (χ4v) is 3.30. The van der Waals surface area contributed by atoms with Gasteiger partial charge in [0.1, 0.15) is 0 Å². The van der Waals surface area contributed by atoms with Crippen LogP contribution in [-0.4, -0.2) is 57.7 Å². The van der Waals surface area contributed by atoms with Crippen molar-refractivity contribution in [2.24, 2.45) is 10.4 Å². The van der Waals surface area contributed by atoms with Crippen molar-refractivity contribution in [3.8, 4) is 0 Å². The molecular weight excluding hydrogens is 467 g/mol. The fourth-order valence-electron chi connectivity index (χ4n) is 3.30. The fraction of sp³-hybridized carbons (Fsp3) is 0.619. The molecule has 1 aliphatic carbocycles. The molecule has 0 radical (unpaired) electrons. The quantitative estimate of drug-likeness (QED) is 0.309. The van der Waals surface area contributed by atoms with E-state index in [9.17, 15) is 4.79 Å². The van der Waals surface area contributed by atoms with Crippen molar-refractivity contribution in [2.75, 3.05) is 40.9 Å². The van der Waals surface area contributed by atoms with Gasteiger partial charge < -0.3 is 20.3 Å². The van der Waals surface area contributed by atoms with Gasteiger partial charge in [0.15, 0.2) is 5.96 Å². The van der Waals surface area contributed by atoms with Crippen LogP contribution in [0.5, 0.6) is 0 Å². The van der Waals surface area contributed by atoms with E-state index in [2.05, 4.69) is 17.6 Å². The van der Waals surface area contributed by atoms with E-state index < -0.39 is 0 Å². The smallest absolute Gasteiger partial charge is 0.253 e. The molecule has 0 unspecified atom stereocenters. The first-order chi connectivity index (χ1) is 13.0. The maximum atomic E-state index is 12.0. The zero-order chi connectivity index (χ0) is 19.7. The SMILES string of the molecule is CCNC(=NCc1ccc(C(=O)N(C)C)cc1)NCC1(CCOC)CCC1.I. The number of guanidine groups is 1. The minimum Gasteiger partial charge on any atom is -0.385 e. The highest BCUT2D eigenvalue weighted by molar-refractivity contribution is 14.0. The predicted octanol–water partition coefficient (Wildman–Crippen LogP) is 3.27. The molecule has 2 rings (SSSR count). The van der Waals surface area contributed by atoms with Crippen LogP contribution in [-0.2, 0) is 11.3 Å². The molecule has 0 bridgehead atoms. The number of hydrogen-bond donors (Lipinski definition) is 2. The number of rotatable bonds is 9. The molecule has 158 valence electrons. The van der Waals surface area contributed by atoms with Gasteiger partial charge in [-0.15, -0.1) is 24.0 Å². The maximum absolute atomic E-state index is 12.0. The van der Waals surface area contributed by atoms with E-state index in [4.69, 9.17) is 9.73 Å². The predicted molar refractivity (Wildman–Crippen MR) is 125 cm³/mol. The molecule has 2 N–H and O–H groups in total. The minimum atomic E-state index is 0. The number of benzene rings is 1. The largest absolute Gasteiger partial charge is 0.385 e. The molecule has 0 saturated heterocycles. The van der Waals surface area contributed by atoms with Gasteiger partial charge in [0, 0.05) is 46.5 Å². The number of carbonyl (C=O) groups is 1. The first-order valence-electron chi connectivity index (χ1n) is 9.81. The van der Waals surface area contributed by atoms with E-state index in [1.54, 1.807) is 26.1 Å². The molecule has 1 aromatic carbocycles. The number of halogens is 1. The Morgan fingerprint density at radius 3 is 2.39 bits per heavy atom. The summed E-state index contributed by atoms with van der Waals surface area (Å²) in [6, 6.07) is 7.66. The summed E-state index contributed by atoms with van der Waals surface area (Å²) in [7, 11) is 5.29. The lowest BCUT2D eigenvalue weighted by molar-refractivity contribution is 0.0732. The highest BCUT2D eigenvalue weighted by atomic mass is 127. The molecule has 1 amide bonds. The van der Waals surface area contributed by atoms with Gasteiger partial charge in [0.2, 0.25) is 0 Å². The van der Waals surface area contributed by atoms with Gasteiger partial charge in [-0.1, -0.05) is 18.6 Å². The van der Waals surface area contributed by atoms with Gasteiger partial charge in [0.05, 0.1) is 6.54 Å². The molecule has 0 aliphatic heterocycles. The Morgan fingerprint density at radius 2 is 1.89 bits per heavy atom. The molecule has 0 atom stereocenters. The number of methoxy groups -OCH3 is 1. The van der Waals surface area contributed by atoms with Gasteiger partial charge in [-0.05, 0) is 49.3 Å². The van der Waals surface area contributed by atoms with Gasteiger partial charge >= 0.3 is 0 Å². The van der Waals surface area contributed by atoms with Crippen LogP contribution in [0.4, 0.5) is 0 Å². The normalized spacial score (nSPS) is 15.2. The summed E-state index contributed by atoms with van der Waals surface area (Å²) in [5.74, 6) is 0.858. The maximum Gasteiger partial charge on any atom is 0.253 e. The van der Waals surface area contributed by atoms with Gasteiger partial charge in [-0.25, -0.2) is 4.99 Å². The second kappa shape index (κ2) is 12.3. The standard InChI is InChI=1S/C21H34N4O2.HI/c1-5-22-20(24-16-21(11-6-12-21)13-14-27-4)23-15-17-7-9-18(10-8-17)19(26)25(2)3;/h7-10H,5-6,11-16H2,1-4H3,(H2,22,23,24);1H. The Balaban J connectivity index is 0.00000392. The molecule has 7 heteroatoms. The van der Waals surface area contributed by atoms with Crippen LogP contribution < -0.4 is 10.6 Å². The molecule has 1 aliphatic rings. The van der Waals surface area contributed by atoms with Crippen LogP contribution in [0.3, 0.4) is 0 Å². The van der Waals surface area contributed by atoms with Gasteiger partial charge in [-0.3, -0.25) is 4.79 Å². The van der Waals surface area contributed by atoms with E-state index in [0.717, 1.165) is 37.6 Å². The second-order valence-corrected chi connectivity index (χ2v) is 7.54. The number of nitrogens with zero attached hydrogens (tertiary/aromatic N) is 2. The van der Waals surface area contributed by atoms with Gasteiger partial charge in [0.25, 0.3) is 5.91 Å². The number of nitrogens with one attached hydrogen (secondary N) is 2. The minimum absolute atomic E-state index is 0. The molecule has 0 heterocycles. The van der Waals surface area contributed by atoms with Crippen molar-refractivity contribution >= 4 is 35.8 Å². The van der Waals surface area contributed by atoms with E-state index in [1.807, 2.05) is 24.3 Å². The summed E-state index contributed by atoms with van der Waals surface area (Å²) in [5, 5.41) is 6.83. The van der Waals surface area contributed by atoms with E-state index in [-0.39, 0.29) is 29.9 Å². The van der Waals surface area contributed by atoms with Crippen molar-refractivity contribution in [3.05, 3.63) is 35.4 Å². The summed E-state index contributed by atoms with van der Waals surface area (Å²) >= 11 is 0. The number of aliphatic imine (C=N–C) groups is 1. The van der Waals surface area contributed by atoms with Crippen molar-refractivity contribution < 1.29 is 9.53 Å². The van der Waals surface area contributed by atoms with Crippen LogP contribution in [0.1, 0.15) is 48.5 Å². The lowest BCUT2D eigenvalue weighted by atomic mass is 9.67. The Kier molecular flexibility index (Phi) is 10.8. The lowest BCUT2D eigenvalue weighted by Gasteiger charge is -2.42. The van der Waals surface area contributed by atoms with Crippen LogP contribution >= 0.6 is 24.0 Å². The summed E-state index contributed by atoms with van der Waals surface area (Å²) < 4.78 is 5.27. The zero-order valence-electron chi connectivity index (χ0n) is 17.6. The summed E-state index contributed by atoms with van der Waals surface area (Å²) in [6.45, 7) is 5.22. The number of ether oxygens (including phenoxy) is 1. The molecule has 6 nitrogen and oxygen atoms in total. The summed E-state index contributed by atoms with van der Waals surface area (Å²) in [4.78, 5) is 18.3. The highest BCUT2D eigenvalue weighted by Gasteiger charge is 2.36. The molecule has 0 aromatic heterocycles. The third-order valence-electron chi connectivity index (χ3n) is 5.25. The van der Waals surface area contributed by atoms with Crippen molar-refractivity contribution in [3.63, 3.8) is 0 Å². The third-order valence-corrected chi connectivity index (χ3v) is 5.25. The molecular formula is C21H35IN4O2. The van der Waals surface area contributed by atoms with E-state index in [1.165, 1.54) is 19.3 Å². The van der Waals surface area contributed by atoms with Crippen molar-refractivity contribution in [2.45, 2.75) is 39.2 Å². The second-order valence-electron chi connectivity index (χ2n) is 7.54. The van der Waals surface area contributed by atoms with E-state index in [0.29, 0.717) is 17.5 Å². The molecule has 0 spiro atoms. The average molecular weight is 502 g/mol. The number of amides is 1. The average Bonchev–Trinajstić information content (AvgIpc) is 2.64.